The maximum absolute atomic E-state index is 8.89. The van der Waals surface area contributed by atoms with Gasteiger partial charge in [0.15, 0.2) is 0 Å². The SMILES string of the molecule is N#Cc1ccc(N2C[C@@H]3CCCN[C@@H]3C2)c(Br)c1. The molecule has 1 aromatic rings. The molecule has 3 rings (SSSR count). The highest BCUT2D eigenvalue weighted by atomic mass is 79.9. The van der Waals surface area contributed by atoms with Crippen LogP contribution in [-0.2, 0) is 0 Å². The van der Waals surface area contributed by atoms with Crippen LogP contribution >= 0.6 is 15.9 Å². The molecule has 0 radical (unpaired) electrons. The standard InChI is InChI=1S/C14H16BrN3/c15-12-6-10(7-16)3-4-14(12)18-8-11-2-1-5-17-13(11)9-18/h3-4,6,11,13,17H,1-2,5,8-9H2/t11-,13+/m0/s1. The molecule has 2 aliphatic rings. The number of rotatable bonds is 1. The molecule has 94 valence electrons. The molecule has 0 aromatic heterocycles. The lowest BCUT2D eigenvalue weighted by atomic mass is 9.94. The van der Waals surface area contributed by atoms with Crippen LogP contribution < -0.4 is 10.2 Å². The normalized spacial score (nSPS) is 26.8. The van der Waals surface area contributed by atoms with Crippen molar-refractivity contribution in [3.8, 4) is 6.07 Å². The Labute approximate surface area is 116 Å². The molecule has 3 nitrogen and oxygen atoms in total. The topological polar surface area (TPSA) is 39.1 Å². The van der Waals surface area contributed by atoms with Gasteiger partial charge in [0.1, 0.15) is 0 Å². The van der Waals surface area contributed by atoms with Gasteiger partial charge in [0.25, 0.3) is 0 Å². The van der Waals surface area contributed by atoms with E-state index in [9.17, 15) is 0 Å². The Bertz CT molecular complexity index is 480. The van der Waals surface area contributed by atoms with E-state index in [0.29, 0.717) is 11.6 Å². The Morgan fingerprint density at radius 3 is 3.00 bits per heavy atom. The number of hydrogen-bond acceptors (Lipinski definition) is 3. The van der Waals surface area contributed by atoms with Gasteiger partial charge >= 0.3 is 0 Å². The molecule has 1 aromatic carbocycles. The van der Waals surface area contributed by atoms with E-state index in [0.717, 1.165) is 30.0 Å². The van der Waals surface area contributed by atoms with E-state index < -0.39 is 0 Å². The highest BCUT2D eigenvalue weighted by Crippen LogP contribution is 2.33. The summed E-state index contributed by atoms with van der Waals surface area (Å²) >= 11 is 3.58. The van der Waals surface area contributed by atoms with Crippen LogP contribution in [0.1, 0.15) is 18.4 Å². The molecule has 1 N–H and O–H groups in total. The molecule has 0 spiro atoms. The molecular weight excluding hydrogens is 290 g/mol. The summed E-state index contributed by atoms with van der Waals surface area (Å²) in [5.41, 5.74) is 1.92. The molecule has 0 bridgehead atoms. The number of nitrogens with zero attached hydrogens (tertiary/aromatic N) is 2. The average molecular weight is 306 g/mol. The van der Waals surface area contributed by atoms with Crippen molar-refractivity contribution in [2.75, 3.05) is 24.5 Å². The Morgan fingerprint density at radius 2 is 2.28 bits per heavy atom. The van der Waals surface area contributed by atoms with Crippen LogP contribution in [0.2, 0.25) is 0 Å². The quantitative estimate of drug-likeness (QED) is 0.866. The summed E-state index contributed by atoms with van der Waals surface area (Å²) in [5, 5.41) is 12.5. The first-order chi connectivity index (χ1) is 8.78. The number of anilines is 1. The number of fused-ring (bicyclic) bond motifs is 1. The zero-order valence-electron chi connectivity index (χ0n) is 10.2. The minimum atomic E-state index is 0.640. The van der Waals surface area contributed by atoms with Crippen molar-refractivity contribution >= 4 is 21.6 Å². The lowest BCUT2D eigenvalue weighted by molar-refractivity contribution is 0.340. The van der Waals surface area contributed by atoms with Crippen LogP contribution in [0.3, 0.4) is 0 Å². The minimum absolute atomic E-state index is 0.640. The van der Waals surface area contributed by atoms with Crippen molar-refractivity contribution in [2.45, 2.75) is 18.9 Å². The number of hydrogen-bond donors (Lipinski definition) is 1. The molecule has 4 heteroatoms. The fourth-order valence-electron chi connectivity index (χ4n) is 3.08. The highest BCUT2D eigenvalue weighted by Gasteiger charge is 2.34. The number of benzene rings is 1. The van der Waals surface area contributed by atoms with Crippen LogP contribution in [0.5, 0.6) is 0 Å². The van der Waals surface area contributed by atoms with Gasteiger partial charge in [-0.2, -0.15) is 5.26 Å². The maximum atomic E-state index is 8.89. The second-order valence-corrected chi connectivity index (χ2v) is 6.00. The van der Waals surface area contributed by atoms with Crippen LogP contribution in [0.25, 0.3) is 0 Å². The van der Waals surface area contributed by atoms with E-state index in [2.05, 4.69) is 38.3 Å². The molecule has 0 amide bonds. The highest BCUT2D eigenvalue weighted by molar-refractivity contribution is 9.10. The molecule has 2 atom stereocenters. The van der Waals surface area contributed by atoms with Crippen molar-refractivity contribution in [3.05, 3.63) is 28.2 Å². The number of halogens is 1. The molecule has 0 saturated carbocycles. The van der Waals surface area contributed by atoms with Crippen molar-refractivity contribution < 1.29 is 0 Å². The number of nitrogens with one attached hydrogen (secondary N) is 1. The molecule has 2 aliphatic heterocycles. The van der Waals surface area contributed by atoms with Gasteiger partial charge in [-0.15, -0.1) is 0 Å². The second-order valence-electron chi connectivity index (χ2n) is 5.15. The Balaban J connectivity index is 1.82. The van der Waals surface area contributed by atoms with Gasteiger partial charge in [0.2, 0.25) is 0 Å². The second kappa shape index (κ2) is 4.91. The average Bonchev–Trinajstić information content (AvgIpc) is 2.81. The van der Waals surface area contributed by atoms with Crippen LogP contribution in [0.15, 0.2) is 22.7 Å². The summed E-state index contributed by atoms with van der Waals surface area (Å²) in [6, 6.07) is 8.68. The summed E-state index contributed by atoms with van der Waals surface area (Å²) in [4.78, 5) is 2.43. The Kier molecular flexibility index (Phi) is 3.27. The van der Waals surface area contributed by atoms with Crippen molar-refractivity contribution in [1.29, 1.82) is 5.26 Å². The van der Waals surface area contributed by atoms with E-state index in [4.69, 9.17) is 5.26 Å². The molecular formula is C14H16BrN3. The Hall–Kier alpha value is -1.05. The van der Waals surface area contributed by atoms with Gasteiger partial charge in [0.05, 0.1) is 17.3 Å². The molecule has 18 heavy (non-hydrogen) atoms. The van der Waals surface area contributed by atoms with Gasteiger partial charge in [-0.25, -0.2) is 0 Å². The predicted molar refractivity (Wildman–Crippen MR) is 75.6 cm³/mol. The monoisotopic (exact) mass is 305 g/mol. The van der Waals surface area contributed by atoms with Gasteiger partial charge in [-0.1, -0.05) is 0 Å². The lowest BCUT2D eigenvalue weighted by Gasteiger charge is -2.24. The van der Waals surface area contributed by atoms with E-state index in [-0.39, 0.29) is 0 Å². The summed E-state index contributed by atoms with van der Waals surface area (Å²) in [6.45, 7) is 3.36. The van der Waals surface area contributed by atoms with Gasteiger partial charge in [-0.3, -0.25) is 0 Å². The molecule has 2 saturated heterocycles. The van der Waals surface area contributed by atoms with E-state index in [1.807, 2.05) is 12.1 Å². The molecule has 0 unspecified atom stereocenters. The first kappa shape index (κ1) is 12.0. The van der Waals surface area contributed by atoms with E-state index in [1.54, 1.807) is 0 Å². The largest absolute Gasteiger partial charge is 0.369 e. The zero-order chi connectivity index (χ0) is 12.5. The Morgan fingerprint density at radius 1 is 1.39 bits per heavy atom. The predicted octanol–water partition coefficient (Wildman–Crippen LogP) is 2.51. The van der Waals surface area contributed by atoms with Gasteiger partial charge < -0.3 is 10.2 Å². The fraction of sp³-hybridized carbons (Fsp3) is 0.500. The third kappa shape index (κ3) is 2.13. The third-order valence-corrected chi connectivity index (χ3v) is 4.65. The van der Waals surface area contributed by atoms with Crippen molar-refractivity contribution in [2.24, 2.45) is 5.92 Å². The summed E-state index contributed by atoms with van der Waals surface area (Å²) in [5.74, 6) is 0.779. The minimum Gasteiger partial charge on any atom is -0.369 e. The summed E-state index contributed by atoms with van der Waals surface area (Å²) < 4.78 is 1.03. The molecule has 2 heterocycles. The van der Waals surface area contributed by atoms with Crippen molar-refractivity contribution in [3.63, 3.8) is 0 Å². The number of piperidine rings is 1. The molecule has 0 aliphatic carbocycles. The van der Waals surface area contributed by atoms with E-state index in [1.165, 1.54) is 18.5 Å². The smallest absolute Gasteiger partial charge is 0.0992 e. The van der Waals surface area contributed by atoms with Gasteiger partial charge in [-0.05, 0) is 59.4 Å². The summed E-state index contributed by atoms with van der Waals surface area (Å²) in [7, 11) is 0. The third-order valence-electron chi connectivity index (χ3n) is 4.02. The van der Waals surface area contributed by atoms with Gasteiger partial charge in [0, 0.05) is 23.6 Å². The first-order valence-electron chi connectivity index (χ1n) is 6.46. The first-order valence-corrected chi connectivity index (χ1v) is 7.25. The maximum Gasteiger partial charge on any atom is 0.0992 e. The number of nitriles is 1. The van der Waals surface area contributed by atoms with Crippen molar-refractivity contribution in [1.82, 2.24) is 5.32 Å². The van der Waals surface area contributed by atoms with Crippen LogP contribution in [-0.4, -0.2) is 25.7 Å². The van der Waals surface area contributed by atoms with Crippen LogP contribution in [0, 0.1) is 17.2 Å². The fourth-order valence-corrected chi connectivity index (χ4v) is 3.71. The molecule has 2 fully saturated rings. The summed E-state index contributed by atoms with van der Waals surface area (Å²) in [6.07, 6.45) is 2.63. The zero-order valence-corrected chi connectivity index (χ0v) is 11.8. The van der Waals surface area contributed by atoms with E-state index >= 15 is 0 Å². The lowest BCUT2D eigenvalue weighted by Crippen LogP contribution is -2.40. The van der Waals surface area contributed by atoms with Crippen LogP contribution in [0.4, 0.5) is 5.69 Å².